The summed E-state index contributed by atoms with van der Waals surface area (Å²) in [6.07, 6.45) is 5.31. The average molecular weight is 216 g/mol. The SMILES string of the molecule is CC1CC(=O)c2cc3c(cc2O1)CCCC3. The Labute approximate surface area is 95.6 Å². The molecule has 16 heavy (non-hydrogen) atoms. The van der Waals surface area contributed by atoms with Crippen LogP contribution in [0.25, 0.3) is 0 Å². The van der Waals surface area contributed by atoms with Crippen molar-refractivity contribution in [2.45, 2.75) is 45.1 Å². The molecule has 0 bridgehead atoms. The van der Waals surface area contributed by atoms with Gasteiger partial charge in [-0.05, 0) is 55.9 Å². The molecule has 1 aliphatic heterocycles. The molecule has 0 radical (unpaired) electrons. The first-order valence-corrected chi connectivity index (χ1v) is 6.09. The second-order valence-electron chi connectivity index (χ2n) is 4.88. The van der Waals surface area contributed by atoms with E-state index in [1.807, 2.05) is 6.92 Å². The maximum Gasteiger partial charge on any atom is 0.170 e. The number of ketones is 1. The van der Waals surface area contributed by atoms with Gasteiger partial charge in [0.1, 0.15) is 11.9 Å². The van der Waals surface area contributed by atoms with Crippen molar-refractivity contribution in [3.8, 4) is 5.75 Å². The molecule has 2 nitrogen and oxygen atoms in total. The van der Waals surface area contributed by atoms with Crippen LogP contribution >= 0.6 is 0 Å². The molecule has 1 aliphatic carbocycles. The summed E-state index contributed by atoms with van der Waals surface area (Å²) in [5, 5.41) is 0. The average Bonchev–Trinajstić information content (AvgIpc) is 2.27. The second-order valence-corrected chi connectivity index (χ2v) is 4.88. The molecule has 1 aromatic rings. The van der Waals surface area contributed by atoms with Crippen LogP contribution in [0.3, 0.4) is 0 Å². The van der Waals surface area contributed by atoms with Gasteiger partial charge in [0.25, 0.3) is 0 Å². The lowest BCUT2D eigenvalue weighted by Crippen LogP contribution is -2.24. The van der Waals surface area contributed by atoms with E-state index in [4.69, 9.17) is 4.74 Å². The van der Waals surface area contributed by atoms with Gasteiger partial charge < -0.3 is 4.74 Å². The molecular weight excluding hydrogens is 200 g/mol. The number of benzene rings is 1. The number of hydrogen-bond acceptors (Lipinski definition) is 2. The highest BCUT2D eigenvalue weighted by atomic mass is 16.5. The highest BCUT2D eigenvalue weighted by Gasteiger charge is 2.25. The molecule has 0 aromatic heterocycles. The standard InChI is InChI=1S/C14H16O2/c1-9-6-13(15)12-7-10-4-2-3-5-11(10)8-14(12)16-9/h7-9H,2-6H2,1H3. The van der Waals surface area contributed by atoms with Crippen molar-refractivity contribution in [2.24, 2.45) is 0 Å². The number of rotatable bonds is 0. The van der Waals surface area contributed by atoms with Gasteiger partial charge in [-0.3, -0.25) is 4.79 Å². The fourth-order valence-electron chi connectivity index (χ4n) is 2.71. The summed E-state index contributed by atoms with van der Waals surface area (Å²) in [4.78, 5) is 11.9. The van der Waals surface area contributed by atoms with Crippen LogP contribution in [-0.4, -0.2) is 11.9 Å². The molecule has 2 heteroatoms. The Morgan fingerprint density at radius 1 is 1.19 bits per heavy atom. The van der Waals surface area contributed by atoms with Crippen LogP contribution in [-0.2, 0) is 12.8 Å². The Bertz CT molecular complexity index is 448. The predicted octanol–water partition coefficient (Wildman–Crippen LogP) is 2.92. The molecule has 1 aromatic carbocycles. The van der Waals surface area contributed by atoms with E-state index >= 15 is 0 Å². The molecule has 0 saturated carbocycles. The van der Waals surface area contributed by atoms with Crippen LogP contribution in [0.5, 0.6) is 5.75 Å². The Kier molecular flexibility index (Phi) is 2.23. The molecule has 0 saturated heterocycles. The van der Waals surface area contributed by atoms with E-state index < -0.39 is 0 Å². The van der Waals surface area contributed by atoms with Gasteiger partial charge in [0.15, 0.2) is 5.78 Å². The summed E-state index contributed by atoms with van der Waals surface area (Å²) in [5.41, 5.74) is 3.54. The third-order valence-corrected chi connectivity index (χ3v) is 3.55. The molecule has 84 valence electrons. The van der Waals surface area contributed by atoms with Gasteiger partial charge in [0, 0.05) is 6.42 Å². The Balaban J connectivity index is 2.09. The minimum Gasteiger partial charge on any atom is -0.489 e. The largest absolute Gasteiger partial charge is 0.489 e. The molecule has 2 aliphatic rings. The normalized spacial score (nSPS) is 23.3. The number of fused-ring (bicyclic) bond motifs is 2. The van der Waals surface area contributed by atoms with E-state index in [1.165, 1.54) is 24.0 Å². The molecule has 1 heterocycles. The van der Waals surface area contributed by atoms with Crippen molar-refractivity contribution in [1.29, 1.82) is 0 Å². The lowest BCUT2D eigenvalue weighted by atomic mass is 9.88. The fourth-order valence-corrected chi connectivity index (χ4v) is 2.71. The number of Topliss-reactive ketones (excluding diaryl/α,β-unsaturated/α-hetero) is 1. The van der Waals surface area contributed by atoms with E-state index in [9.17, 15) is 4.79 Å². The maximum absolute atomic E-state index is 11.9. The first-order valence-electron chi connectivity index (χ1n) is 6.09. The van der Waals surface area contributed by atoms with Gasteiger partial charge in [-0.15, -0.1) is 0 Å². The van der Waals surface area contributed by atoms with E-state index in [0.29, 0.717) is 6.42 Å². The molecule has 0 N–H and O–H groups in total. The monoisotopic (exact) mass is 216 g/mol. The molecule has 0 amide bonds. The van der Waals surface area contributed by atoms with Gasteiger partial charge in [-0.2, -0.15) is 0 Å². The molecular formula is C14H16O2. The minimum atomic E-state index is 0.0293. The highest BCUT2D eigenvalue weighted by Crippen LogP contribution is 2.33. The van der Waals surface area contributed by atoms with Crippen LogP contribution in [0.15, 0.2) is 12.1 Å². The van der Waals surface area contributed by atoms with Gasteiger partial charge in [0.2, 0.25) is 0 Å². The van der Waals surface area contributed by atoms with Crippen molar-refractivity contribution < 1.29 is 9.53 Å². The van der Waals surface area contributed by atoms with Crippen LogP contribution in [0.2, 0.25) is 0 Å². The number of hydrogen-bond donors (Lipinski definition) is 0. The molecule has 0 spiro atoms. The molecule has 3 rings (SSSR count). The molecule has 1 atom stereocenters. The van der Waals surface area contributed by atoms with Crippen molar-refractivity contribution in [1.82, 2.24) is 0 Å². The number of ether oxygens (including phenoxy) is 1. The van der Waals surface area contributed by atoms with Gasteiger partial charge in [-0.1, -0.05) is 0 Å². The summed E-state index contributed by atoms with van der Waals surface area (Å²) >= 11 is 0. The summed E-state index contributed by atoms with van der Waals surface area (Å²) in [6.45, 7) is 1.96. The Hall–Kier alpha value is -1.31. The zero-order chi connectivity index (χ0) is 11.1. The number of carbonyl (C=O) groups is 1. The van der Waals surface area contributed by atoms with E-state index in [2.05, 4.69) is 12.1 Å². The zero-order valence-corrected chi connectivity index (χ0v) is 9.58. The van der Waals surface area contributed by atoms with Gasteiger partial charge in [0.05, 0.1) is 5.56 Å². The lowest BCUT2D eigenvalue weighted by Gasteiger charge is -2.25. The third kappa shape index (κ3) is 1.53. The number of carbonyl (C=O) groups excluding carboxylic acids is 1. The van der Waals surface area contributed by atoms with Crippen LogP contribution < -0.4 is 4.74 Å². The van der Waals surface area contributed by atoms with E-state index in [-0.39, 0.29) is 11.9 Å². The van der Waals surface area contributed by atoms with Gasteiger partial charge in [-0.25, -0.2) is 0 Å². The first kappa shape index (κ1) is 9.88. The topological polar surface area (TPSA) is 26.3 Å². The summed E-state index contributed by atoms with van der Waals surface area (Å²) in [5.74, 6) is 1.05. The summed E-state index contributed by atoms with van der Waals surface area (Å²) in [7, 11) is 0. The van der Waals surface area contributed by atoms with E-state index in [1.54, 1.807) is 0 Å². The summed E-state index contributed by atoms with van der Waals surface area (Å²) < 4.78 is 5.75. The summed E-state index contributed by atoms with van der Waals surface area (Å²) in [6, 6.07) is 4.16. The quantitative estimate of drug-likeness (QED) is 0.666. The fraction of sp³-hybridized carbons (Fsp3) is 0.500. The molecule has 1 unspecified atom stereocenters. The zero-order valence-electron chi connectivity index (χ0n) is 9.58. The minimum absolute atomic E-state index is 0.0293. The highest BCUT2D eigenvalue weighted by molar-refractivity contribution is 6.00. The smallest absolute Gasteiger partial charge is 0.170 e. The second kappa shape index (κ2) is 3.62. The van der Waals surface area contributed by atoms with Gasteiger partial charge >= 0.3 is 0 Å². The Morgan fingerprint density at radius 2 is 1.88 bits per heavy atom. The van der Waals surface area contributed by atoms with Crippen molar-refractivity contribution in [3.63, 3.8) is 0 Å². The third-order valence-electron chi connectivity index (χ3n) is 3.55. The van der Waals surface area contributed by atoms with Crippen molar-refractivity contribution in [2.75, 3.05) is 0 Å². The lowest BCUT2D eigenvalue weighted by molar-refractivity contribution is 0.0870. The number of aryl methyl sites for hydroxylation is 2. The maximum atomic E-state index is 11.9. The van der Waals surface area contributed by atoms with Crippen molar-refractivity contribution >= 4 is 5.78 Å². The van der Waals surface area contributed by atoms with Crippen molar-refractivity contribution in [3.05, 3.63) is 28.8 Å². The van der Waals surface area contributed by atoms with Crippen LogP contribution in [0.4, 0.5) is 0 Å². The van der Waals surface area contributed by atoms with Crippen LogP contribution in [0, 0.1) is 0 Å². The molecule has 0 fully saturated rings. The predicted molar refractivity (Wildman–Crippen MR) is 62.1 cm³/mol. The van der Waals surface area contributed by atoms with Crippen LogP contribution in [0.1, 0.15) is 47.7 Å². The first-order chi connectivity index (χ1) is 7.74. The van der Waals surface area contributed by atoms with E-state index in [0.717, 1.165) is 24.2 Å². The Morgan fingerprint density at radius 3 is 2.62 bits per heavy atom.